The van der Waals surface area contributed by atoms with Crippen molar-refractivity contribution in [2.45, 2.75) is 31.7 Å². The largest absolute Gasteiger partial charge is 0.355 e. The van der Waals surface area contributed by atoms with E-state index >= 15 is 0 Å². The van der Waals surface area contributed by atoms with Gasteiger partial charge in [0.05, 0.1) is 5.75 Å². The zero-order valence-corrected chi connectivity index (χ0v) is 13.9. The molecule has 0 bridgehead atoms. The molecule has 0 radical (unpaired) electrons. The summed E-state index contributed by atoms with van der Waals surface area (Å²) in [6, 6.07) is 6.09. The summed E-state index contributed by atoms with van der Waals surface area (Å²) in [5.41, 5.74) is 2.33. The van der Waals surface area contributed by atoms with Crippen molar-refractivity contribution in [2.75, 3.05) is 12.3 Å². The van der Waals surface area contributed by atoms with Crippen molar-refractivity contribution in [2.24, 2.45) is 0 Å². The minimum Gasteiger partial charge on any atom is -0.355 e. The smallest absolute Gasteiger partial charge is 0.319 e. The number of thioether (sulfide) groups is 1. The van der Waals surface area contributed by atoms with E-state index in [1.165, 1.54) is 29.7 Å². The Morgan fingerprint density at radius 2 is 2.17 bits per heavy atom. The number of nitrogens with one attached hydrogen (secondary N) is 1. The monoisotopic (exact) mass is 339 g/mol. The van der Waals surface area contributed by atoms with E-state index in [4.69, 9.17) is 0 Å². The number of hydrogen-bond donors (Lipinski definition) is 1. The molecule has 124 valence electrons. The number of amides is 1. The zero-order chi connectivity index (χ0) is 16.8. The number of rotatable bonds is 7. The summed E-state index contributed by atoms with van der Waals surface area (Å²) in [5, 5.41) is 2.73. The molecule has 0 aliphatic carbocycles. The molecule has 1 aromatic carbocycles. The lowest BCUT2D eigenvalue weighted by atomic mass is 10.2. The summed E-state index contributed by atoms with van der Waals surface area (Å²) < 4.78 is 26.1. The van der Waals surface area contributed by atoms with Crippen LogP contribution in [0.5, 0.6) is 0 Å². The second-order valence-corrected chi connectivity index (χ2v) is 6.20. The molecular weight excluding hydrogens is 320 g/mol. The molecule has 1 amide bonds. The van der Waals surface area contributed by atoms with Crippen LogP contribution >= 0.6 is 11.8 Å². The first-order valence-corrected chi connectivity index (χ1v) is 8.22. The standard InChI is InChI=1S/C16H19F2N3OS/c1-11-3-4-13(12(2)9-11)23-10-15(22)20-6-5-14-19-7-8-21(14)16(17)18/h3-4,7-9,16H,5-6,10H2,1-2H3,(H,20,22). The third-order valence-corrected chi connectivity index (χ3v) is 4.49. The molecule has 0 saturated carbocycles. The van der Waals surface area contributed by atoms with Crippen LogP contribution in [-0.4, -0.2) is 27.8 Å². The first-order chi connectivity index (χ1) is 11.0. The molecule has 23 heavy (non-hydrogen) atoms. The Labute approximate surface area is 138 Å². The molecule has 0 unspecified atom stereocenters. The topological polar surface area (TPSA) is 46.9 Å². The summed E-state index contributed by atoms with van der Waals surface area (Å²) in [4.78, 5) is 16.8. The van der Waals surface area contributed by atoms with Gasteiger partial charge >= 0.3 is 6.55 Å². The Balaban J connectivity index is 1.76. The van der Waals surface area contributed by atoms with E-state index in [0.29, 0.717) is 5.75 Å². The lowest BCUT2D eigenvalue weighted by Crippen LogP contribution is -2.28. The lowest BCUT2D eigenvalue weighted by molar-refractivity contribution is -0.118. The van der Waals surface area contributed by atoms with Crippen LogP contribution in [0.15, 0.2) is 35.5 Å². The molecule has 2 aromatic rings. The highest BCUT2D eigenvalue weighted by Crippen LogP contribution is 2.22. The van der Waals surface area contributed by atoms with Gasteiger partial charge in [0.1, 0.15) is 5.82 Å². The molecule has 0 spiro atoms. The Morgan fingerprint density at radius 1 is 1.39 bits per heavy atom. The highest BCUT2D eigenvalue weighted by molar-refractivity contribution is 8.00. The van der Waals surface area contributed by atoms with Gasteiger partial charge in [0.15, 0.2) is 0 Å². The van der Waals surface area contributed by atoms with E-state index in [-0.39, 0.29) is 24.7 Å². The number of imidazole rings is 1. The fourth-order valence-electron chi connectivity index (χ4n) is 2.18. The van der Waals surface area contributed by atoms with Gasteiger partial charge < -0.3 is 5.32 Å². The first kappa shape index (κ1) is 17.5. The second kappa shape index (κ2) is 8.10. The number of carbonyl (C=O) groups excluding carboxylic acids is 1. The SMILES string of the molecule is Cc1ccc(SCC(=O)NCCc2nccn2C(F)F)c(C)c1. The van der Waals surface area contributed by atoms with Crippen LogP contribution < -0.4 is 5.32 Å². The van der Waals surface area contributed by atoms with E-state index in [1.54, 1.807) is 0 Å². The molecule has 0 aliphatic rings. The van der Waals surface area contributed by atoms with Crippen molar-refractivity contribution >= 4 is 17.7 Å². The van der Waals surface area contributed by atoms with Crippen molar-refractivity contribution < 1.29 is 13.6 Å². The summed E-state index contributed by atoms with van der Waals surface area (Å²) in [7, 11) is 0. The Morgan fingerprint density at radius 3 is 2.87 bits per heavy atom. The van der Waals surface area contributed by atoms with Gasteiger partial charge in [-0.25, -0.2) is 4.98 Å². The maximum absolute atomic E-state index is 12.7. The molecule has 2 rings (SSSR count). The molecule has 0 atom stereocenters. The number of aryl methyl sites for hydroxylation is 2. The van der Waals surface area contributed by atoms with Gasteiger partial charge in [-0.3, -0.25) is 9.36 Å². The maximum atomic E-state index is 12.7. The van der Waals surface area contributed by atoms with Gasteiger partial charge in [0.2, 0.25) is 5.91 Å². The molecule has 0 aliphatic heterocycles. The molecule has 4 nitrogen and oxygen atoms in total. The minimum absolute atomic E-state index is 0.120. The number of hydrogen-bond acceptors (Lipinski definition) is 3. The maximum Gasteiger partial charge on any atom is 0.319 e. The molecule has 1 aromatic heterocycles. The Hall–Kier alpha value is -1.89. The highest BCUT2D eigenvalue weighted by atomic mass is 32.2. The van der Waals surface area contributed by atoms with Crippen LogP contribution in [0.2, 0.25) is 0 Å². The second-order valence-electron chi connectivity index (χ2n) is 5.19. The fraction of sp³-hybridized carbons (Fsp3) is 0.375. The molecule has 0 saturated heterocycles. The van der Waals surface area contributed by atoms with Crippen molar-refractivity contribution in [1.82, 2.24) is 14.9 Å². The predicted octanol–water partition coefficient (Wildman–Crippen LogP) is 3.35. The van der Waals surface area contributed by atoms with Crippen LogP contribution in [0.4, 0.5) is 8.78 Å². The van der Waals surface area contributed by atoms with Crippen molar-refractivity contribution in [1.29, 1.82) is 0 Å². The average molecular weight is 339 g/mol. The molecule has 1 heterocycles. The van der Waals surface area contributed by atoms with E-state index in [0.717, 1.165) is 15.0 Å². The van der Waals surface area contributed by atoms with Crippen molar-refractivity contribution in [3.63, 3.8) is 0 Å². The quantitative estimate of drug-likeness (QED) is 0.787. The fourth-order valence-corrected chi connectivity index (χ4v) is 3.02. The summed E-state index contributed by atoms with van der Waals surface area (Å²) >= 11 is 1.47. The number of halogens is 2. The summed E-state index contributed by atoms with van der Waals surface area (Å²) in [6.45, 7) is 1.72. The highest BCUT2D eigenvalue weighted by Gasteiger charge is 2.11. The zero-order valence-electron chi connectivity index (χ0n) is 13.1. The van der Waals surface area contributed by atoms with Gasteiger partial charge in [0.25, 0.3) is 0 Å². The van der Waals surface area contributed by atoms with Gasteiger partial charge in [-0.05, 0) is 25.5 Å². The number of nitrogens with zero attached hydrogens (tertiary/aromatic N) is 2. The lowest BCUT2D eigenvalue weighted by Gasteiger charge is -2.09. The predicted molar refractivity (Wildman–Crippen MR) is 86.8 cm³/mol. The van der Waals surface area contributed by atoms with Gasteiger partial charge in [-0.15, -0.1) is 11.8 Å². The van der Waals surface area contributed by atoms with Gasteiger partial charge in [0, 0.05) is 30.3 Å². The molecule has 7 heteroatoms. The van der Waals surface area contributed by atoms with Crippen molar-refractivity contribution in [3.05, 3.63) is 47.5 Å². The normalized spacial score (nSPS) is 11.0. The van der Waals surface area contributed by atoms with E-state index in [9.17, 15) is 13.6 Å². The molecule has 0 fully saturated rings. The Bertz CT molecular complexity index is 673. The summed E-state index contributed by atoms with van der Waals surface area (Å²) in [6.07, 6.45) is 2.84. The number of aromatic nitrogens is 2. The third kappa shape index (κ3) is 5.06. The minimum atomic E-state index is -2.61. The summed E-state index contributed by atoms with van der Waals surface area (Å²) in [5.74, 6) is 0.445. The third-order valence-electron chi connectivity index (χ3n) is 3.32. The average Bonchev–Trinajstić information content (AvgIpc) is 2.95. The molecule has 1 N–H and O–H groups in total. The van der Waals surface area contributed by atoms with Crippen LogP contribution in [0.3, 0.4) is 0 Å². The van der Waals surface area contributed by atoms with E-state index in [1.807, 2.05) is 26.0 Å². The number of benzene rings is 1. The van der Waals surface area contributed by atoms with Crippen LogP contribution in [0.1, 0.15) is 23.5 Å². The van der Waals surface area contributed by atoms with E-state index < -0.39 is 6.55 Å². The first-order valence-electron chi connectivity index (χ1n) is 7.24. The van der Waals surface area contributed by atoms with Crippen LogP contribution in [0.25, 0.3) is 0 Å². The van der Waals surface area contributed by atoms with Crippen LogP contribution in [0, 0.1) is 13.8 Å². The Kier molecular flexibility index (Phi) is 6.15. The van der Waals surface area contributed by atoms with Gasteiger partial charge in [-0.2, -0.15) is 8.78 Å². The molecular formula is C16H19F2N3OS. The number of alkyl halides is 2. The number of carbonyl (C=O) groups is 1. The van der Waals surface area contributed by atoms with E-state index in [2.05, 4.69) is 16.4 Å². The van der Waals surface area contributed by atoms with Crippen LogP contribution in [-0.2, 0) is 11.2 Å². The van der Waals surface area contributed by atoms with Crippen molar-refractivity contribution in [3.8, 4) is 0 Å². The van der Waals surface area contributed by atoms with Gasteiger partial charge in [-0.1, -0.05) is 17.7 Å².